The van der Waals surface area contributed by atoms with Gasteiger partial charge in [-0.3, -0.25) is 14.4 Å². The van der Waals surface area contributed by atoms with Crippen LogP contribution in [0.15, 0.2) is 0 Å². The van der Waals surface area contributed by atoms with Gasteiger partial charge >= 0.3 is 0 Å². The molecule has 0 bridgehead atoms. The van der Waals surface area contributed by atoms with E-state index in [9.17, 15) is 19.2 Å². The second kappa shape index (κ2) is 14.2. The maximum Gasteiger partial charge on any atom is 0.241 e. The Bertz CT molecular complexity index is 445. The zero-order chi connectivity index (χ0) is 19.9. The largest absolute Gasteiger partial charge is 0.344 e. The highest BCUT2D eigenvalue weighted by Crippen LogP contribution is 2.09. The summed E-state index contributed by atoms with van der Waals surface area (Å²) in [5, 5.41) is 2.77. The van der Waals surface area contributed by atoms with E-state index in [1.807, 2.05) is 0 Å². The van der Waals surface area contributed by atoms with Crippen LogP contribution in [0.25, 0.3) is 0 Å². The molecular weight excluding hydrogens is 336 g/mol. The van der Waals surface area contributed by atoms with Crippen LogP contribution in [0, 0.1) is 0 Å². The fourth-order valence-electron chi connectivity index (χ4n) is 2.50. The van der Waals surface area contributed by atoms with Crippen LogP contribution in [0.2, 0.25) is 0 Å². The van der Waals surface area contributed by atoms with E-state index in [2.05, 4.69) is 5.32 Å². The van der Waals surface area contributed by atoms with Gasteiger partial charge in [-0.1, -0.05) is 25.7 Å². The second-order valence-corrected chi connectivity index (χ2v) is 6.63. The second-order valence-electron chi connectivity index (χ2n) is 6.63. The summed E-state index contributed by atoms with van der Waals surface area (Å²) in [4.78, 5) is 49.7. The SMILES string of the molecule is CNCC(=O)N(C)CC(=O)N(C)CCCCCCCC(C=O)N(C)C=O. The summed E-state index contributed by atoms with van der Waals surface area (Å²) < 4.78 is 0. The van der Waals surface area contributed by atoms with Crippen molar-refractivity contribution in [3.05, 3.63) is 0 Å². The predicted octanol–water partition coefficient (Wildman–Crippen LogP) is 0.119. The fourth-order valence-corrected chi connectivity index (χ4v) is 2.50. The average molecular weight is 370 g/mol. The normalized spacial score (nSPS) is 11.5. The minimum Gasteiger partial charge on any atom is -0.344 e. The van der Waals surface area contributed by atoms with E-state index in [0.29, 0.717) is 19.4 Å². The quantitative estimate of drug-likeness (QED) is 0.327. The Hall–Kier alpha value is -1.96. The Balaban J connectivity index is 3.83. The van der Waals surface area contributed by atoms with Crippen molar-refractivity contribution in [1.29, 1.82) is 0 Å². The number of carbonyl (C=O) groups excluding carboxylic acids is 4. The van der Waals surface area contributed by atoms with Crippen LogP contribution in [-0.2, 0) is 19.2 Å². The maximum atomic E-state index is 12.1. The minimum atomic E-state index is -0.334. The molecule has 3 amide bonds. The molecule has 26 heavy (non-hydrogen) atoms. The molecule has 1 atom stereocenters. The molecule has 0 rings (SSSR count). The number of rotatable bonds is 15. The molecule has 8 nitrogen and oxygen atoms in total. The number of hydrogen-bond acceptors (Lipinski definition) is 5. The van der Waals surface area contributed by atoms with E-state index in [-0.39, 0.29) is 30.9 Å². The lowest BCUT2D eigenvalue weighted by molar-refractivity contribution is -0.138. The number of aldehydes is 1. The molecule has 0 aromatic heterocycles. The number of nitrogens with zero attached hydrogens (tertiary/aromatic N) is 3. The number of carbonyl (C=O) groups is 4. The van der Waals surface area contributed by atoms with Crippen LogP contribution in [0.4, 0.5) is 0 Å². The van der Waals surface area contributed by atoms with E-state index in [4.69, 9.17) is 0 Å². The van der Waals surface area contributed by atoms with Gasteiger partial charge in [0.05, 0.1) is 19.1 Å². The lowest BCUT2D eigenvalue weighted by Gasteiger charge is -2.22. The number of unbranched alkanes of at least 4 members (excludes halogenated alkanes) is 4. The van der Waals surface area contributed by atoms with Gasteiger partial charge in [0.25, 0.3) is 0 Å². The molecule has 0 heterocycles. The standard InChI is InChI=1S/C18H34N4O4/c1-19-12-17(25)21(3)13-18(26)20(2)11-9-7-5-6-8-10-16(14-23)22(4)15-24/h14-16,19H,5-13H2,1-4H3. The molecule has 0 aromatic carbocycles. The topological polar surface area (TPSA) is 90.0 Å². The van der Waals surface area contributed by atoms with E-state index in [0.717, 1.165) is 38.4 Å². The highest BCUT2D eigenvalue weighted by molar-refractivity contribution is 5.85. The van der Waals surface area contributed by atoms with Crippen molar-refractivity contribution in [3.63, 3.8) is 0 Å². The summed E-state index contributed by atoms with van der Waals surface area (Å²) in [5.41, 5.74) is 0. The molecule has 0 fully saturated rings. The molecule has 1 N–H and O–H groups in total. The van der Waals surface area contributed by atoms with Crippen molar-refractivity contribution < 1.29 is 19.2 Å². The molecule has 8 heteroatoms. The van der Waals surface area contributed by atoms with Gasteiger partial charge in [0.1, 0.15) is 6.29 Å². The number of hydrogen-bond donors (Lipinski definition) is 1. The zero-order valence-electron chi connectivity index (χ0n) is 16.6. The molecule has 0 aliphatic carbocycles. The van der Waals surface area contributed by atoms with Crippen LogP contribution < -0.4 is 5.32 Å². The molecule has 0 aromatic rings. The van der Waals surface area contributed by atoms with Crippen LogP contribution in [0.1, 0.15) is 38.5 Å². The molecule has 0 spiro atoms. The summed E-state index contributed by atoms with van der Waals surface area (Å²) in [6, 6.07) is -0.334. The van der Waals surface area contributed by atoms with Crippen LogP contribution in [0.3, 0.4) is 0 Å². The molecule has 0 saturated carbocycles. The summed E-state index contributed by atoms with van der Waals surface area (Å²) in [6.07, 6.45) is 7.00. The van der Waals surface area contributed by atoms with Gasteiger partial charge in [-0.15, -0.1) is 0 Å². The van der Waals surface area contributed by atoms with Gasteiger partial charge in [0, 0.05) is 27.7 Å². The van der Waals surface area contributed by atoms with E-state index < -0.39 is 0 Å². The summed E-state index contributed by atoms with van der Waals surface area (Å²) >= 11 is 0. The maximum absolute atomic E-state index is 12.1. The van der Waals surface area contributed by atoms with E-state index in [1.165, 1.54) is 9.80 Å². The van der Waals surface area contributed by atoms with Gasteiger partial charge < -0.3 is 24.8 Å². The van der Waals surface area contributed by atoms with Gasteiger partial charge in [0.2, 0.25) is 18.2 Å². The van der Waals surface area contributed by atoms with Gasteiger partial charge in [0.15, 0.2) is 0 Å². The third-order valence-corrected chi connectivity index (χ3v) is 4.39. The first-order valence-corrected chi connectivity index (χ1v) is 9.12. The third-order valence-electron chi connectivity index (χ3n) is 4.39. The molecular formula is C18H34N4O4. The Morgan fingerprint density at radius 1 is 0.923 bits per heavy atom. The summed E-state index contributed by atoms with van der Waals surface area (Å²) in [6.45, 7) is 0.979. The summed E-state index contributed by atoms with van der Waals surface area (Å²) in [7, 11) is 6.69. The lowest BCUT2D eigenvalue weighted by atomic mass is 10.1. The Morgan fingerprint density at radius 3 is 2.12 bits per heavy atom. The monoisotopic (exact) mass is 370 g/mol. The minimum absolute atomic E-state index is 0.0670. The molecule has 1 unspecified atom stereocenters. The Kier molecular flexibility index (Phi) is 13.2. The first-order valence-electron chi connectivity index (χ1n) is 9.12. The average Bonchev–Trinajstić information content (AvgIpc) is 2.63. The molecule has 0 saturated heterocycles. The van der Waals surface area contributed by atoms with Crippen LogP contribution in [-0.4, -0.2) is 93.1 Å². The highest BCUT2D eigenvalue weighted by atomic mass is 16.2. The first kappa shape index (κ1) is 24.0. The first-order chi connectivity index (χ1) is 12.4. The third kappa shape index (κ3) is 10.1. The molecule has 150 valence electrons. The van der Waals surface area contributed by atoms with Gasteiger partial charge in [-0.05, 0) is 19.9 Å². The smallest absolute Gasteiger partial charge is 0.241 e. The lowest BCUT2D eigenvalue weighted by Crippen LogP contribution is -2.42. The van der Waals surface area contributed by atoms with Crippen LogP contribution >= 0.6 is 0 Å². The molecule has 0 aliphatic rings. The fraction of sp³-hybridized carbons (Fsp3) is 0.778. The zero-order valence-corrected chi connectivity index (χ0v) is 16.6. The Morgan fingerprint density at radius 2 is 1.54 bits per heavy atom. The van der Waals surface area contributed by atoms with Crippen LogP contribution in [0.5, 0.6) is 0 Å². The molecule has 0 aliphatic heterocycles. The van der Waals surface area contributed by atoms with E-state index in [1.54, 1.807) is 33.1 Å². The van der Waals surface area contributed by atoms with Crippen molar-refractivity contribution in [2.24, 2.45) is 0 Å². The number of amides is 3. The van der Waals surface area contributed by atoms with Crippen molar-refractivity contribution in [2.75, 3.05) is 47.8 Å². The van der Waals surface area contributed by atoms with Crippen molar-refractivity contribution in [1.82, 2.24) is 20.0 Å². The predicted molar refractivity (Wildman–Crippen MR) is 101 cm³/mol. The van der Waals surface area contributed by atoms with Crippen molar-refractivity contribution >= 4 is 24.5 Å². The number of nitrogens with one attached hydrogen (secondary N) is 1. The molecule has 0 radical (unpaired) electrons. The van der Waals surface area contributed by atoms with Crippen molar-refractivity contribution in [3.8, 4) is 0 Å². The van der Waals surface area contributed by atoms with E-state index >= 15 is 0 Å². The summed E-state index contributed by atoms with van der Waals surface area (Å²) in [5.74, 6) is -0.175. The van der Waals surface area contributed by atoms with Gasteiger partial charge in [-0.2, -0.15) is 0 Å². The Labute approximate surface area is 156 Å². The highest BCUT2D eigenvalue weighted by Gasteiger charge is 2.15. The van der Waals surface area contributed by atoms with Crippen molar-refractivity contribution in [2.45, 2.75) is 44.6 Å². The van der Waals surface area contributed by atoms with Gasteiger partial charge in [-0.25, -0.2) is 0 Å². The number of likely N-dealkylation sites (N-methyl/N-ethyl adjacent to an activating group) is 4.